The first-order chi connectivity index (χ1) is 11.9. The predicted molar refractivity (Wildman–Crippen MR) is 91.7 cm³/mol. The first kappa shape index (κ1) is 14.3. The highest BCUT2D eigenvalue weighted by atomic mass is 32.1. The predicted octanol–water partition coefficient (Wildman–Crippen LogP) is 3.20. The number of nitrogens with zero attached hydrogens (tertiary/aromatic N) is 6. The van der Waals surface area contributed by atoms with Gasteiger partial charge in [0.15, 0.2) is 0 Å². The molecular formula is C16H11N7S. The van der Waals surface area contributed by atoms with Crippen LogP contribution < -0.4 is 5.32 Å². The van der Waals surface area contributed by atoms with Crippen LogP contribution in [0.2, 0.25) is 0 Å². The molecule has 0 spiro atoms. The molecule has 0 fully saturated rings. The number of nitrogens with one attached hydrogen (secondary N) is 1. The minimum Gasteiger partial charge on any atom is -0.322 e. The highest BCUT2D eigenvalue weighted by molar-refractivity contribution is 7.13. The van der Waals surface area contributed by atoms with Crippen LogP contribution in [-0.4, -0.2) is 29.9 Å². The van der Waals surface area contributed by atoms with E-state index in [-0.39, 0.29) is 0 Å². The van der Waals surface area contributed by atoms with Crippen LogP contribution in [-0.2, 0) is 0 Å². The number of hydrogen-bond acceptors (Lipinski definition) is 8. The quantitative estimate of drug-likeness (QED) is 0.613. The van der Waals surface area contributed by atoms with E-state index in [1.165, 1.54) is 12.7 Å². The molecule has 116 valence electrons. The third-order valence-electron chi connectivity index (χ3n) is 3.22. The van der Waals surface area contributed by atoms with Crippen LogP contribution in [0.1, 0.15) is 0 Å². The average Bonchev–Trinajstić information content (AvgIpc) is 3.18. The van der Waals surface area contributed by atoms with E-state index in [1.807, 2.05) is 23.6 Å². The van der Waals surface area contributed by atoms with E-state index in [4.69, 9.17) is 0 Å². The molecule has 4 rings (SSSR count). The Labute approximate surface area is 141 Å². The molecule has 0 saturated heterocycles. The summed E-state index contributed by atoms with van der Waals surface area (Å²) in [5.74, 6) is 0.478. The summed E-state index contributed by atoms with van der Waals surface area (Å²) in [6, 6.07) is 5.85. The van der Waals surface area contributed by atoms with Crippen LogP contribution in [0.15, 0.2) is 61.0 Å². The second-order valence-corrected chi connectivity index (χ2v) is 5.73. The molecule has 0 aliphatic rings. The lowest BCUT2D eigenvalue weighted by Crippen LogP contribution is -2.00. The van der Waals surface area contributed by atoms with Gasteiger partial charge in [-0.25, -0.2) is 29.9 Å². The van der Waals surface area contributed by atoms with E-state index >= 15 is 0 Å². The SMILES string of the molecule is c1csc(-c2nc(Nc3cncnc3)ncc2-c2ccncn2)c1. The van der Waals surface area contributed by atoms with Gasteiger partial charge in [0.2, 0.25) is 5.95 Å². The summed E-state index contributed by atoms with van der Waals surface area (Å²) in [7, 11) is 0. The molecule has 0 unspecified atom stereocenters. The second-order valence-electron chi connectivity index (χ2n) is 4.78. The summed E-state index contributed by atoms with van der Waals surface area (Å²) < 4.78 is 0. The topological polar surface area (TPSA) is 89.4 Å². The fourth-order valence-electron chi connectivity index (χ4n) is 2.17. The van der Waals surface area contributed by atoms with Crippen molar-refractivity contribution in [2.24, 2.45) is 0 Å². The molecule has 7 nitrogen and oxygen atoms in total. The second kappa shape index (κ2) is 6.47. The van der Waals surface area contributed by atoms with Gasteiger partial charge in [0, 0.05) is 18.0 Å². The number of aromatic nitrogens is 6. The van der Waals surface area contributed by atoms with Gasteiger partial charge in [-0.05, 0) is 17.5 Å². The van der Waals surface area contributed by atoms with Crippen LogP contribution >= 0.6 is 11.3 Å². The molecule has 1 N–H and O–H groups in total. The van der Waals surface area contributed by atoms with Gasteiger partial charge in [-0.1, -0.05) is 6.07 Å². The molecule has 0 aromatic carbocycles. The van der Waals surface area contributed by atoms with Crippen molar-refractivity contribution in [1.29, 1.82) is 0 Å². The number of thiophene rings is 1. The van der Waals surface area contributed by atoms with Gasteiger partial charge < -0.3 is 5.32 Å². The van der Waals surface area contributed by atoms with E-state index in [0.29, 0.717) is 5.95 Å². The van der Waals surface area contributed by atoms with E-state index < -0.39 is 0 Å². The van der Waals surface area contributed by atoms with Gasteiger partial charge in [0.05, 0.1) is 34.3 Å². The third-order valence-corrected chi connectivity index (χ3v) is 4.09. The largest absolute Gasteiger partial charge is 0.322 e. The van der Waals surface area contributed by atoms with Gasteiger partial charge in [-0.3, -0.25) is 0 Å². The zero-order chi connectivity index (χ0) is 16.2. The molecule has 4 aromatic heterocycles. The molecule has 24 heavy (non-hydrogen) atoms. The van der Waals surface area contributed by atoms with Crippen molar-refractivity contribution in [3.8, 4) is 21.8 Å². The van der Waals surface area contributed by atoms with Crippen molar-refractivity contribution in [3.05, 3.63) is 61.0 Å². The Hall–Kier alpha value is -3.26. The van der Waals surface area contributed by atoms with Gasteiger partial charge in [0.25, 0.3) is 0 Å². The normalized spacial score (nSPS) is 10.5. The summed E-state index contributed by atoms with van der Waals surface area (Å²) in [5.41, 5.74) is 3.18. The van der Waals surface area contributed by atoms with Crippen LogP contribution in [0.5, 0.6) is 0 Å². The third kappa shape index (κ3) is 2.95. The first-order valence-corrected chi connectivity index (χ1v) is 7.97. The van der Waals surface area contributed by atoms with Crippen molar-refractivity contribution >= 4 is 23.0 Å². The smallest absolute Gasteiger partial charge is 0.227 e. The minimum atomic E-state index is 0.478. The summed E-state index contributed by atoms with van der Waals surface area (Å²) in [5, 5.41) is 5.12. The van der Waals surface area contributed by atoms with Gasteiger partial charge in [-0.2, -0.15) is 0 Å². The number of rotatable bonds is 4. The van der Waals surface area contributed by atoms with Gasteiger partial charge in [0.1, 0.15) is 12.7 Å². The van der Waals surface area contributed by atoms with E-state index in [1.54, 1.807) is 36.1 Å². The average molecular weight is 333 g/mol. The lowest BCUT2D eigenvalue weighted by molar-refractivity contribution is 1.12. The summed E-state index contributed by atoms with van der Waals surface area (Å²) >= 11 is 1.61. The van der Waals surface area contributed by atoms with Gasteiger partial charge in [-0.15, -0.1) is 11.3 Å². The zero-order valence-corrected chi connectivity index (χ0v) is 13.2. The Morgan fingerprint density at radius 2 is 1.83 bits per heavy atom. The van der Waals surface area contributed by atoms with E-state index in [2.05, 4.69) is 35.2 Å². The Kier molecular flexibility index (Phi) is 3.86. The maximum Gasteiger partial charge on any atom is 0.227 e. The lowest BCUT2D eigenvalue weighted by Gasteiger charge is -2.09. The molecule has 0 bridgehead atoms. The Morgan fingerprint density at radius 3 is 2.58 bits per heavy atom. The summed E-state index contributed by atoms with van der Waals surface area (Å²) in [6.07, 6.45) is 9.78. The van der Waals surface area contributed by atoms with Crippen molar-refractivity contribution in [2.45, 2.75) is 0 Å². The zero-order valence-electron chi connectivity index (χ0n) is 12.4. The molecule has 4 heterocycles. The number of anilines is 2. The van der Waals surface area contributed by atoms with Crippen molar-refractivity contribution in [2.75, 3.05) is 5.32 Å². The highest BCUT2D eigenvalue weighted by Gasteiger charge is 2.13. The summed E-state index contributed by atoms with van der Waals surface area (Å²) in [4.78, 5) is 26.3. The Balaban J connectivity index is 1.78. The Morgan fingerprint density at radius 1 is 0.917 bits per heavy atom. The molecule has 0 saturated carbocycles. The van der Waals surface area contributed by atoms with Crippen LogP contribution in [0.3, 0.4) is 0 Å². The maximum absolute atomic E-state index is 4.66. The van der Waals surface area contributed by atoms with Crippen LogP contribution in [0, 0.1) is 0 Å². The van der Waals surface area contributed by atoms with E-state index in [9.17, 15) is 0 Å². The molecule has 0 aliphatic heterocycles. The highest BCUT2D eigenvalue weighted by Crippen LogP contribution is 2.32. The molecule has 8 heteroatoms. The minimum absolute atomic E-state index is 0.478. The Bertz CT molecular complexity index is 927. The standard InChI is InChI=1S/C16H11N7S/c1-2-14(24-5-1)15-12(13-3-4-17-10-21-13)8-20-16(23-15)22-11-6-18-9-19-7-11/h1-10H,(H,20,22,23). The van der Waals surface area contributed by atoms with E-state index in [0.717, 1.165) is 27.5 Å². The van der Waals surface area contributed by atoms with Crippen LogP contribution in [0.25, 0.3) is 21.8 Å². The molecule has 0 radical (unpaired) electrons. The van der Waals surface area contributed by atoms with Crippen LogP contribution in [0.4, 0.5) is 11.6 Å². The van der Waals surface area contributed by atoms with Crippen molar-refractivity contribution in [3.63, 3.8) is 0 Å². The number of hydrogen-bond donors (Lipinski definition) is 1. The monoisotopic (exact) mass is 333 g/mol. The fraction of sp³-hybridized carbons (Fsp3) is 0. The molecule has 0 amide bonds. The summed E-state index contributed by atoms with van der Waals surface area (Å²) in [6.45, 7) is 0. The van der Waals surface area contributed by atoms with Crippen molar-refractivity contribution < 1.29 is 0 Å². The molecular weight excluding hydrogens is 322 g/mol. The van der Waals surface area contributed by atoms with Gasteiger partial charge >= 0.3 is 0 Å². The lowest BCUT2D eigenvalue weighted by atomic mass is 10.1. The molecule has 4 aromatic rings. The first-order valence-electron chi connectivity index (χ1n) is 7.09. The fourth-order valence-corrected chi connectivity index (χ4v) is 2.90. The molecule has 0 aliphatic carbocycles. The van der Waals surface area contributed by atoms with Crippen molar-refractivity contribution in [1.82, 2.24) is 29.9 Å². The maximum atomic E-state index is 4.66. The molecule has 0 atom stereocenters.